The van der Waals surface area contributed by atoms with Crippen molar-refractivity contribution < 1.29 is 4.43 Å². The largest absolute Gasteiger partial charge is 0.446 e. The molecule has 100 valence electrons. The fourth-order valence-corrected chi connectivity index (χ4v) is 7.56. The van der Waals surface area contributed by atoms with Gasteiger partial charge in [0.25, 0.3) is 0 Å². The van der Waals surface area contributed by atoms with E-state index in [1.807, 2.05) is 0 Å². The fourth-order valence-electron chi connectivity index (χ4n) is 3.04. The first kappa shape index (κ1) is 13.5. The van der Waals surface area contributed by atoms with Crippen LogP contribution in [0.15, 0.2) is 0 Å². The Balaban J connectivity index is 2.34. The standard InChI is InChI=1S/C12H27N3OSi/c1-11(2,3)14-8-7-13-17(14)15(9-10-16-17)12(4,5)6/h13H,7-10H2,1-6H3. The van der Waals surface area contributed by atoms with Crippen molar-refractivity contribution in [1.82, 2.24) is 14.1 Å². The maximum atomic E-state index is 6.26. The highest BCUT2D eigenvalue weighted by Crippen LogP contribution is 2.34. The molecule has 1 unspecified atom stereocenters. The van der Waals surface area contributed by atoms with Gasteiger partial charge in [-0.2, -0.15) is 0 Å². The van der Waals surface area contributed by atoms with Crippen LogP contribution in [0.3, 0.4) is 0 Å². The number of nitrogens with zero attached hydrogens (tertiary/aromatic N) is 2. The van der Waals surface area contributed by atoms with Crippen LogP contribution in [-0.4, -0.2) is 55.3 Å². The molecule has 0 amide bonds. The molecule has 2 rings (SSSR count). The van der Waals surface area contributed by atoms with Crippen molar-refractivity contribution in [3.63, 3.8) is 0 Å². The molecule has 1 N–H and O–H groups in total. The summed E-state index contributed by atoms with van der Waals surface area (Å²) in [5, 5.41) is 0. The first-order valence-corrected chi connectivity index (χ1v) is 8.43. The monoisotopic (exact) mass is 257 g/mol. The quantitative estimate of drug-likeness (QED) is 0.661. The molecule has 0 radical (unpaired) electrons. The predicted octanol–water partition coefficient (Wildman–Crippen LogP) is 1.26. The van der Waals surface area contributed by atoms with E-state index >= 15 is 0 Å². The lowest BCUT2D eigenvalue weighted by atomic mass is 10.1. The molecule has 0 aromatic carbocycles. The zero-order valence-corrected chi connectivity index (χ0v) is 13.1. The first-order valence-electron chi connectivity index (χ1n) is 6.62. The van der Waals surface area contributed by atoms with Crippen molar-refractivity contribution in [3.05, 3.63) is 0 Å². The molecule has 0 aliphatic carbocycles. The van der Waals surface area contributed by atoms with E-state index in [0.29, 0.717) is 0 Å². The van der Waals surface area contributed by atoms with Crippen LogP contribution in [0.5, 0.6) is 0 Å². The SMILES string of the molecule is CC(C)(C)N1CCN[Si]12OCCN2C(C)(C)C. The second-order valence-electron chi connectivity index (χ2n) is 7.03. The highest BCUT2D eigenvalue weighted by molar-refractivity contribution is 6.67. The summed E-state index contributed by atoms with van der Waals surface area (Å²) >= 11 is 0. The summed E-state index contributed by atoms with van der Waals surface area (Å²) in [5.41, 5.74) is 0.340. The minimum absolute atomic E-state index is 0.170. The lowest BCUT2D eigenvalue weighted by molar-refractivity contribution is 0.161. The molecule has 0 bridgehead atoms. The molecule has 2 fully saturated rings. The van der Waals surface area contributed by atoms with Crippen molar-refractivity contribution in [2.75, 3.05) is 26.2 Å². The van der Waals surface area contributed by atoms with Gasteiger partial charge in [0.15, 0.2) is 0 Å². The molecule has 2 aliphatic heterocycles. The van der Waals surface area contributed by atoms with E-state index in [4.69, 9.17) is 4.43 Å². The van der Waals surface area contributed by atoms with Crippen LogP contribution < -0.4 is 4.98 Å². The van der Waals surface area contributed by atoms with Crippen molar-refractivity contribution in [2.45, 2.75) is 52.6 Å². The third-order valence-electron chi connectivity index (χ3n) is 3.66. The highest BCUT2D eigenvalue weighted by Gasteiger charge is 2.61. The Kier molecular flexibility index (Phi) is 3.20. The Bertz CT molecular complexity index is 265. The molecule has 1 spiro atoms. The zero-order valence-electron chi connectivity index (χ0n) is 12.1. The van der Waals surface area contributed by atoms with Gasteiger partial charge in [0.2, 0.25) is 0 Å². The molecule has 5 heteroatoms. The maximum absolute atomic E-state index is 6.26. The summed E-state index contributed by atoms with van der Waals surface area (Å²) < 4.78 is 11.4. The Hall–Kier alpha value is 0.0569. The molecule has 4 nitrogen and oxygen atoms in total. The number of hydrogen-bond donors (Lipinski definition) is 1. The lowest BCUT2D eigenvalue weighted by Crippen LogP contribution is -2.74. The van der Waals surface area contributed by atoms with Gasteiger partial charge in [-0.3, -0.25) is 14.1 Å². The van der Waals surface area contributed by atoms with E-state index in [-0.39, 0.29) is 11.1 Å². The van der Waals surface area contributed by atoms with Crippen molar-refractivity contribution >= 4 is 8.80 Å². The Labute approximate surface area is 107 Å². The number of hydrogen-bond acceptors (Lipinski definition) is 4. The van der Waals surface area contributed by atoms with E-state index in [1.54, 1.807) is 0 Å². The van der Waals surface area contributed by atoms with Gasteiger partial charge in [0, 0.05) is 37.3 Å². The van der Waals surface area contributed by atoms with E-state index in [1.165, 1.54) is 0 Å². The maximum Gasteiger partial charge on any atom is 0.446 e. The number of nitrogens with one attached hydrogen (secondary N) is 1. The number of rotatable bonds is 0. The summed E-state index contributed by atoms with van der Waals surface area (Å²) in [6.07, 6.45) is 0. The Morgan fingerprint density at radius 2 is 1.47 bits per heavy atom. The van der Waals surface area contributed by atoms with E-state index < -0.39 is 8.80 Å². The van der Waals surface area contributed by atoms with Crippen molar-refractivity contribution in [1.29, 1.82) is 0 Å². The van der Waals surface area contributed by atoms with Crippen LogP contribution in [0, 0.1) is 0 Å². The molecular weight excluding hydrogens is 230 g/mol. The van der Waals surface area contributed by atoms with Crippen molar-refractivity contribution in [3.8, 4) is 0 Å². The molecule has 0 aromatic rings. The zero-order chi connectivity index (χ0) is 12.9. The van der Waals surface area contributed by atoms with Crippen LogP contribution in [0.2, 0.25) is 0 Å². The second kappa shape index (κ2) is 4.03. The lowest BCUT2D eigenvalue weighted by Gasteiger charge is -2.48. The summed E-state index contributed by atoms with van der Waals surface area (Å²) in [6.45, 7) is 17.8. The molecule has 1 atom stereocenters. The minimum Gasteiger partial charge on any atom is -0.378 e. The Morgan fingerprint density at radius 1 is 0.941 bits per heavy atom. The van der Waals surface area contributed by atoms with Crippen LogP contribution in [0.4, 0.5) is 0 Å². The van der Waals surface area contributed by atoms with Gasteiger partial charge in [-0.25, -0.2) is 0 Å². The molecule has 17 heavy (non-hydrogen) atoms. The molecule has 2 heterocycles. The van der Waals surface area contributed by atoms with Gasteiger partial charge in [0.05, 0.1) is 0 Å². The normalized spacial score (nSPS) is 32.8. The molecule has 2 saturated heterocycles. The van der Waals surface area contributed by atoms with Gasteiger partial charge >= 0.3 is 8.80 Å². The minimum atomic E-state index is -2.08. The summed E-state index contributed by atoms with van der Waals surface area (Å²) in [7, 11) is -2.08. The third-order valence-corrected chi connectivity index (χ3v) is 8.23. The van der Waals surface area contributed by atoms with Crippen LogP contribution >= 0.6 is 0 Å². The summed E-state index contributed by atoms with van der Waals surface area (Å²) in [4.78, 5) is 3.71. The van der Waals surface area contributed by atoms with Crippen LogP contribution in [0.25, 0.3) is 0 Å². The average molecular weight is 257 g/mol. The summed E-state index contributed by atoms with van der Waals surface area (Å²) in [5.74, 6) is 0. The van der Waals surface area contributed by atoms with E-state index in [9.17, 15) is 0 Å². The Morgan fingerprint density at radius 3 is 2.00 bits per heavy atom. The van der Waals surface area contributed by atoms with E-state index in [0.717, 1.165) is 26.2 Å². The molecule has 2 aliphatic rings. The molecule has 0 aromatic heterocycles. The van der Waals surface area contributed by atoms with Crippen LogP contribution in [-0.2, 0) is 4.43 Å². The van der Waals surface area contributed by atoms with Gasteiger partial charge in [-0.15, -0.1) is 0 Å². The smallest absolute Gasteiger partial charge is 0.378 e. The second-order valence-corrected chi connectivity index (χ2v) is 9.97. The van der Waals surface area contributed by atoms with E-state index in [2.05, 4.69) is 55.7 Å². The highest BCUT2D eigenvalue weighted by atomic mass is 28.4. The van der Waals surface area contributed by atoms with Gasteiger partial charge < -0.3 is 4.43 Å². The predicted molar refractivity (Wildman–Crippen MR) is 72.6 cm³/mol. The molecule has 0 saturated carbocycles. The van der Waals surface area contributed by atoms with Crippen molar-refractivity contribution in [2.24, 2.45) is 0 Å². The van der Waals surface area contributed by atoms with Gasteiger partial charge in [-0.1, -0.05) is 0 Å². The van der Waals surface area contributed by atoms with Gasteiger partial charge in [0.1, 0.15) is 0 Å². The fraction of sp³-hybridized carbons (Fsp3) is 1.00. The summed E-state index contributed by atoms with van der Waals surface area (Å²) in [6, 6.07) is 0. The average Bonchev–Trinajstić information content (AvgIpc) is 2.71. The first-order chi connectivity index (χ1) is 7.68. The van der Waals surface area contributed by atoms with Gasteiger partial charge in [-0.05, 0) is 41.5 Å². The topological polar surface area (TPSA) is 27.7 Å². The third kappa shape index (κ3) is 2.19. The van der Waals surface area contributed by atoms with Crippen LogP contribution in [0.1, 0.15) is 41.5 Å². The molecular formula is C12H27N3OSi.